The first kappa shape index (κ1) is 12.6. The van der Waals surface area contributed by atoms with Crippen LogP contribution in [0.25, 0.3) is 0 Å². The molecule has 1 aliphatic carbocycles. The van der Waals surface area contributed by atoms with Crippen molar-refractivity contribution in [3.05, 3.63) is 34.9 Å². The molecule has 4 nitrogen and oxygen atoms in total. The van der Waals surface area contributed by atoms with Crippen LogP contribution in [-0.2, 0) is 27.1 Å². The zero-order valence-electron chi connectivity index (χ0n) is 10.6. The minimum atomic E-state index is -0.326. The van der Waals surface area contributed by atoms with Gasteiger partial charge in [0, 0.05) is 0 Å². The monoisotopic (exact) mass is 248 g/mol. The molecule has 0 fully saturated rings. The lowest BCUT2D eigenvalue weighted by molar-refractivity contribution is -0.145. The van der Waals surface area contributed by atoms with E-state index in [0.717, 1.165) is 24.0 Å². The number of hydrogen-bond donors (Lipinski definition) is 0. The predicted octanol–water partition coefficient (Wildman–Crippen LogP) is 1.75. The fourth-order valence-corrected chi connectivity index (χ4v) is 2.37. The molecule has 0 heterocycles. The highest BCUT2D eigenvalue weighted by atomic mass is 16.5. The van der Waals surface area contributed by atoms with E-state index in [1.165, 1.54) is 14.2 Å². The standard InChI is InChI=1S/C14H16O4/c1-17-13(15)11-5-3-10-8-12(14(16)18-2)6-4-9(10)7-11/h3,5,7,12H,4,6,8H2,1-2H3. The Bertz CT molecular complexity index is 479. The van der Waals surface area contributed by atoms with Crippen molar-refractivity contribution in [3.63, 3.8) is 0 Å². The smallest absolute Gasteiger partial charge is 0.337 e. The molecule has 2 rings (SSSR count). The summed E-state index contributed by atoms with van der Waals surface area (Å²) in [5.74, 6) is -0.544. The van der Waals surface area contributed by atoms with Crippen molar-refractivity contribution in [3.8, 4) is 0 Å². The van der Waals surface area contributed by atoms with Crippen LogP contribution in [0.5, 0.6) is 0 Å². The molecule has 1 atom stereocenters. The van der Waals surface area contributed by atoms with E-state index >= 15 is 0 Å². The zero-order valence-corrected chi connectivity index (χ0v) is 10.6. The second kappa shape index (κ2) is 5.21. The van der Waals surface area contributed by atoms with Gasteiger partial charge in [-0.2, -0.15) is 0 Å². The Morgan fingerprint density at radius 2 is 1.94 bits per heavy atom. The molecule has 0 aromatic heterocycles. The second-order valence-electron chi connectivity index (χ2n) is 4.44. The van der Waals surface area contributed by atoms with E-state index in [1.807, 2.05) is 12.1 Å². The lowest BCUT2D eigenvalue weighted by Gasteiger charge is -2.22. The third kappa shape index (κ3) is 2.37. The van der Waals surface area contributed by atoms with Gasteiger partial charge in [0.2, 0.25) is 0 Å². The van der Waals surface area contributed by atoms with Crippen LogP contribution >= 0.6 is 0 Å². The van der Waals surface area contributed by atoms with E-state index in [-0.39, 0.29) is 17.9 Å². The molecule has 1 aromatic carbocycles. The molecule has 1 aliphatic rings. The van der Waals surface area contributed by atoms with Crippen LogP contribution in [-0.4, -0.2) is 26.2 Å². The number of methoxy groups -OCH3 is 2. The molecule has 0 saturated heterocycles. The number of esters is 2. The molecule has 4 heteroatoms. The molecular weight excluding hydrogens is 232 g/mol. The van der Waals surface area contributed by atoms with Crippen molar-refractivity contribution in [2.24, 2.45) is 5.92 Å². The van der Waals surface area contributed by atoms with Gasteiger partial charge in [0.15, 0.2) is 0 Å². The number of carbonyl (C=O) groups is 2. The van der Waals surface area contributed by atoms with E-state index < -0.39 is 0 Å². The molecule has 1 unspecified atom stereocenters. The van der Waals surface area contributed by atoms with Gasteiger partial charge in [0.05, 0.1) is 25.7 Å². The van der Waals surface area contributed by atoms with E-state index in [4.69, 9.17) is 9.47 Å². The number of hydrogen-bond acceptors (Lipinski definition) is 4. The Morgan fingerprint density at radius 1 is 1.17 bits per heavy atom. The van der Waals surface area contributed by atoms with Gasteiger partial charge in [-0.3, -0.25) is 4.79 Å². The Morgan fingerprint density at radius 3 is 2.61 bits per heavy atom. The summed E-state index contributed by atoms with van der Waals surface area (Å²) in [6.45, 7) is 0. The maximum Gasteiger partial charge on any atom is 0.337 e. The lowest BCUT2D eigenvalue weighted by Crippen LogP contribution is -2.24. The summed E-state index contributed by atoms with van der Waals surface area (Å²) in [4.78, 5) is 22.9. The van der Waals surface area contributed by atoms with Gasteiger partial charge in [0.1, 0.15) is 0 Å². The Labute approximate surface area is 106 Å². The summed E-state index contributed by atoms with van der Waals surface area (Å²) in [5.41, 5.74) is 2.80. The van der Waals surface area contributed by atoms with E-state index in [0.29, 0.717) is 12.0 Å². The molecule has 96 valence electrons. The van der Waals surface area contributed by atoms with Crippen LogP contribution in [0.15, 0.2) is 18.2 Å². The molecule has 1 aromatic rings. The third-order valence-corrected chi connectivity index (χ3v) is 3.39. The van der Waals surface area contributed by atoms with Crippen molar-refractivity contribution in [1.29, 1.82) is 0 Å². The highest BCUT2D eigenvalue weighted by Gasteiger charge is 2.25. The van der Waals surface area contributed by atoms with Crippen molar-refractivity contribution in [2.75, 3.05) is 14.2 Å². The molecular formula is C14H16O4. The fraction of sp³-hybridized carbons (Fsp3) is 0.429. The summed E-state index contributed by atoms with van der Waals surface area (Å²) in [6.07, 6.45) is 2.24. The topological polar surface area (TPSA) is 52.6 Å². The normalized spacial score (nSPS) is 17.8. The van der Waals surface area contributed by atoms with Gasteiger partial charge in [-0.15, -0.1) is 0 Å². The van der Waals surface area contributed by atoms with Crippen molar-refractivity contribution < 1.29 is 19.1 Å². The van der Waals surface area contributed by atoms with Gasteiger partial charge in [0.25, 0.3) is 0 Å². The predicted molar refractivity (Wildman–Crippen MR) is 65.3 cm³/mol. The molecule has 0 saturated carbocycles. The summed E-state index contributed by atoms with van der Waals surface area (Å²) < 4.78 is 9.46. The van der Waals surface area contributed by atoms with Crippen molar-refractivity contribution in [1.82, 2.24) is 0 Å². The van der Waals surface area contributed by atoms with Crippen molar-refractivity contribution >= 4 is 11.9 Å². The average Bonchev–Trinajstić information content (AvgIpc) is 2.44. The first-order valence-electron chi connectivity index (χ1n) is 5.93. The minimum Gasteiger partial charge on any atom is -0.469 e. The van der Waals surface area contributed by atoms with Gasteiger partial charge in [-0.25, -0.2) is 4.79 Å². The van der Waals surface area contributed by atoms with Crippen LogP contribution in [0.4, 0.5) is 0 Å². The average molecular weight is 248 g/mol. The Hall–Kier alpha value is -1.84. The van der Waals surface area contributed by atoms with Crippen LogP contribution in [0.2, 0.25) is 0 Å². The summed E-state index contributed by atoms with van der Waals surface area (Å²) in [7, 11) is 2.78. The summed E-state index contributed by atoms with van der Waals surface area (Å²) in [5, 5.41) is 0. The highest BCUT2D eigenvalue weighted by molar-refractivity contribution is 5.89. The minimum absolute atomic E-state index is 0.0634. The second-order valence-corrected chi connectivity index (χ2v) is 4.44. The van der Waals surface area contributed by atoms with Crippen LogP contribution < -0.4 is 0 Å². The number of carbonyl (C=O) groups excluding carboxylic acids is 2. The summed E-state index contributed by atoms with van der Waals surface area (Å²) >= 11 is 0. The molecule has 0 amide bonds. The molecule has 0 aliphatic heterocycles. The number of benzene rings is 1. The molecule has 0 spiro atoms. The quantitative estimate of drug-likeness (QED) is 0.748. The number of rotatable bonds is 2. The SMILES string of the molecule is COC(=O)c1ccc2c(c1)CCC(C(=O)OC)C2. The first-order valence-corrected chi connectivity index (χ1v) is 5.93. The van der Waals surface area contributed by atoms with Gasteiger partial charge in [-0.1, -0.05) is 6.07 Å². The first-order chi connectivity index (χ1) is 8.65. The van der Waals surface area contributed by atoms with Crippen LogP contribution in [0, 0.1) is 5.92 Å². The van der Waals surface area contributed by atoms with E-state index in [1.54, 1.807) is 6.07 Å². The summed E-state index contributed by atoms with van der Waals surface area (Å²) in [6, 6.07) is 5.50. The molecule has 18 heavy (non-hydrogen) atoms. The zero-order chi connectivity index (χ0) is 13.1. The molecule has 0 radical (unpaired) electrons. The van der Waals surface area contributed by atoms with Gasteiger partial charge < -0.3 is 9.47 Å². The Kier molecular flexibility index (Phi) is 3.65. The number of fused-ring (bicyclic) bond motifs is 1. The number of ether oxygens (including phenoxy) is 2. The largest absolute Gasteiger partial charge is 0.469 e. The van der Waals surface area contributed by atoms with Crippen molar-refractivity contribution in [2.45, 2.75) is 19.3 Å². The van der Waals surface area contributed by atoms with Gasteiger partial charge >= 0.3 is 11.9 Å². The third-order valence-electron chi connectivity index (χ3n) is 3.39. The maximum absolute atomic E-state index is 11.5. The van der Waals surface area contributed by atoms with Crippen LogP contribution in [0.1, 0.15) is 27.9 Å². The molecule has 0 N–H and O–H groups in total. The van der Waals surface area contributed by atoms with Crippen LogP contribution in [0.3, 0.4) is 0 Å². The van der Waals surface area contributed by atoms with Gasteiger partial charge in [-0.05, 0) is 42.5 Å². The number of aryl methyl sites for hydroxylation is 1. The molecule has 0 bridgehead atoms. The lowest BCUT2D eigenvalue weighted by atomic mass is 9.83. The van der Waals surface area contributed by atoms with E-state index in [9.17, 15) is 9.59 Å². The fourth-order valence-electron chi connectivity index (χ4n) is 2.37. The van der Waals surface area contributed by atoms with E-state index in [2.05, 4.69) is 0 Å². The maximum atomic E-state index is 11.5. The highest BCUT2D eigenvalue weighted by Crippen LogP contribution is 2.27. The Balaban J connectivity index is 2.20.